The molecule has 2 heterocycles. The smallest absolute Gasteiger partial charge is 0.282 e. The van der Waals surface area contributed by atoms with Crippen molar-refractivity contribution in [1.29, 1.82) is 0 Å². The Labute approximate surface area is 108 Å². The fourth-order valence-corrected chi connectivity index (χ4v) is 3.75. The number of rotatable bonds is 3. The third-order valence-corrected chi connectivity index (χ3v) is 5.45. The maximum Gasteiger partial charge on any atom is 0.282 e. The summed E-state index contributed by atoms with van der Waals surface area (Å²) in [6.45, 7) is 4.04. The fourth-order valence-electron chi connectivity index (χ4n) is 2.25. The molecule has 0 N–H and O–H groups in total. The van der Waals surface area contributed by atoms with Crippen molar-refractivity contribution in [3.8, 4) is 0 Å². The van der Waals surface area contributed by atoms with Gasteiger partial charge in [-0.25, -0.2) is 0 Å². The Morgan fingerprint density at radius 1 is 0.778 bits per heavy atom. The Balaban J connectivity index is 1.65. The molecule has 1 aromatic rings. The third-order valence-electron chi connectivity index (χ3n) is 3.42. The first-order valence-corrected chi connectivity index (χ1v) is 7.63. The van der Waals surface area contributed by atoms with Crippen molar-refractivity contribution in [2.75, 3.05) is 44.2 Å². The predicted octanol–water partition coefficient (Wildman–Crippen LogP) is 0.369. The maximum atomic E-state index is 12.0. The van der Waals surface area contributed by atoms with E-state index >= 15 is 0 Å². The van der Waals surface area contributed by atoms with Crippen molar-refractivity contribution in [3.05, 3.63) is 30.3 Å². The highest BCUT2D eigenvalue weighted by Crippen LogP contribution is 2.21. The minimum atomic E-state index is -3.15. The molecule has 2 aliphatic rings. The van der Waals surface area contributed by atoms with E-state index in [0.29, 0.717) is 26.2 Å². The van der Waals surface area contributed by atoms with Crippen LogP contribution in [-0.4, -0.2) is 56.3 Å². The van der Waals surface area contributed by atoms with Crippen LogP contribution in [0.5, 0.6) is 0 Å². The quantitative estimate of drug-likeness (QED) is 0.743. The van der Waals surface area contributed by atoms with E-state index in [9.17, 15) is 8.42 Å². The SMILES string of the molecule is O=S(=O)(N1CCN(c2ccccc2)CC1)N1CC1. The van der Waals surface area contributed by atoms with Gasteiger partial charge in [-0.15, -0.1) is 0 Å². The van der Waals surface area contributed by atoms with Gasteiger partial charge in [-0.3, -0.25) is 0 Å². The molecule has 1 aromatic carbocycles. The van der Waals surface area contributed by atoms with E-state index in [1.165, 1.54) is 9.99 Å². The van der Waals surface area contributed by atoms with E-state index in [2.05, 4.69) is 17.0 Å². The van der Waals surface area contributed by atoms with Crippen molar-refractivity contribution < 1.29 is 8.42 Å². The van der Waals surface area contributed by atoms with Gasteiger partial charge in [0.25, 0.3) is 10.2 Å². The summed E-state index contributed by atoms with van der Waals surface area (Å²) in [5.74, 6) is 0. The van der Waals surface area contributed by atoms with Gasteiger partial charge < -0.3 is 4.90 Å². The van der Waals surface area contributed by atoms with Crippen LogP contribution < -0.4 is 4.90 Å². The zero-order valence-electron chi connectivity index (χ0n) is 10.2. The minimum absolute atomic E-state index is 0.577. The number of para-hydroxylation sites is 1. The van der Waals surface area contributed by atoms with Crippen molar-refractivity contribution >= 4 is 15.9 Å². The molecule has 0 unspecified atom stereocenters. The van der Waals surface area contributed by atoms with Crippen LogP contribution in [0, 0.1) is 0 Å². The summed E-state index contributed by atoms with van der Waals surface area (Å²) in [5, 5.41) is 0. The van der Waals surface area contributed by atoms with Crippen LogP contribution in [0.2, 0.25) is 0 Å². The monoisotopic (exact) mass is 267 g/mol. The summed E-state index contributed by atoms with van der Waals surface area (Å²) in [7, 11) is -3.15. The number of anilines is 1. The Bertz CT molecular complexity index is 505. The van der Waals surface area contributed by atoms with Crippen molar-refractivity contribution in [2.45, 2.75) is 0 Å². The van der Waals surface area contributed by atoms with Crippen LogP contribution >= 0.6 is 0 Å². The fraction of sp³-hybridized carbons (Fsp3) is 0.500. The number of nitrogens with zero attached hydrogens (tertiary/aromatic N) is 3. The van der Waals surface area contributed by atoms with E-state index in [1.54, 1.807) is 4.31 Å². The Morgan fingerprint density at radius 3 is 1.78 bits per heavy atom. The molecule has 2 saturated heterocycles. The average molecular weight is 267 g/mol. The normalized spacial score (nSPS) is 22.1. The Kier molecular flexibility index (Phi) is 3.01. The summed E-state index contributed by atoms with van der Waals surface area (Å²) < 4.78 is 27.2. The van der Waals surface area contributed by atoms with E-state index in [0.717, 1.165) is 13.1 Å². The van der Waals surface area contributed by atoms with Gasteiger partial charge in [0.05, 0.1) is 0 Å². The third kappa shape index (κ3) is 2.23. The second-order valence-corrected chi connectivity index (χ2v) is 6.56. The molecule has 3 rings (SSSR count). The van der Waals surface area contributed by atoms with Crippen molar-refractivity contribution in [2.24, 2.45) is 0 Å². The first kappa shape index (κ1) is 12.0. The van der Waals surface area contributed by atoms with Gasteiger partial charge in [0.1, 0.15) is 0 Å². The number of hydrogen-bond donors (Lipinski definition) is 0. The zero-order valence-corrected chi connectivity index (χ0v) is 11.0. The van der Waals surface area contributed by atoms with Crippen LogP contribution in [-0.2, 0) is 10.2 Å². The number of benzene rings is 1. The molecule has 6 heteroatoms. The van der Waals surface area contributed by atoms with Gasteiger partial charge in [0.2, 0.25) is 0 Å². The molecule has 0 amide bonds. The molecule has 0 aromatic heterocycles. The largest absolute Gasteiger partial charge is 0.369 e. The van der Waals surface area contributed by atoms with Crippen LogP contribution in [0.4, 0.5) is 5.69 Å². The lowest BCUT2D eigenvalue weighted by atomic mass is 10.2. The first-order valence-electron chi connectivity index (χ1n) is 6.23. The Hall–Kier alpha value is -1.11. The van der Waals surface area contributed by atoms with Gasteiger partial charge in [0.15, 0.2) is 0 Å². The summed E-state index contributed by atoms with van der Waals surface area (Å²) in [4.78, 5) is 2.23. The lowest BCUT2D eigenvalue weighted by molar-refractivity contribution is 0.369. The molecular weight excluding hydrogens is 250 g/mol. The highest BCUT2D eigenvalue weighted by atomic mass is 32.2. The molecule has 2 aliphatic heterocycles. The second-order valence-electron chi connectivity index (χ2n) is 4.63. The molecule has 0 bridgehead atoms. The second kappa shape index (κ2) is 4.53. The maximum absolute atomic E-state index is 12.0. The molecule has 2 fully saturated rings. The van der Waals surface area contributed by atoms with E-state index < -0.39 is 10.2 Å². The standard InChI is InChI=1S/C12H17N3O2S/c16-18(17,15-10-11-15)14-8-6-13(7-9-14)12-4-2-1-3-5-12/h1-5H,6-11H2. The van der Waals surface area contributed by atoms with E-state index in [4.69, 9.17) is 0 Å². The lowest BCUT2D eigenvalue weighted by Gasteiger charge is -2.35. The molecule has 98 valence electrons. The average Bonchev–Trinajstić information content (AvgIpc) is 3.25. The van der Waals surface area contributed by atoms with Gasteiger partial charge >= 0.3 is 0 Å². The molecule has 0 atom stereocenters. The van der Waals surface area contributed by atoms with E-state index in [1.807, 2.05) is 18.2 Å². The number of piperazine rings is 1. The van der Waals surface area contributed by atoms with Crippen LogP contribution in [0.25, 0.3) is 0 Å². The highest BCUT2D eigenvalue weighted by molar-refractivity contribution is 7.87. The van der Waals surface area contributed by atoms with Crippen molar-refractivity contribution in [1.82, 2.24) is 8.61 Å². The summed E-state index contributed by atoms with van der Waals surface area (Å²) in [6, 6.07) is 10.1. The van der Waals surface area contributed by atoms with Crippen LogP contribution in [0.3, 0.4) is 0 Å². The molecule has 0 aliphatic carbocycles. The summed E-state index contributed by atoms with van der Waals surface area (Å²) in [6.07, 6.45) is 0. The molecule has 0 radical (unpaired) electrons. The van der Waals surface area contributed by atoms with Crippen LogP contribution in [0.1, 0.15) is 0 Å². The van der Waals surface area contributed by atoms with E-state index in [-0.39, 0.29) is 0 Å². The highest BCUT2D eigenvalue weighted by Gasteiger charge is 2.38. The first-order chi connectivity index (χ1) is 8.68. The van der Waals surface area contributed by atoms with Gasteiger partial charge in [-0.2, -0.15) is 17.0 Å². The minimum Gasteiger partial charge on any atom is -0.369 e. The molecule has 18 heavy (non-hydrogen) atoms. The molecule has 0 spiro atoms. The Morgan fingerprint density at radius 2 is 1.28 bits per heavy atom. The zero-order chi connectivity index (χ0) is 12.6. The summed E-state index contributed by atoms with van der Waals surface area (Å²) in [5.41, 5.74) is 1.17. The van der Waals surface area contributed by atoms with Crippen molar-refractivity contribution in [3.63, 3.8) is 0 Å². The lowest BCUT2D eigenvalue weighted by Crippen LogP contribution is -2.50. The summed E-state index contributed by atoms with van der Waals surface area (Å²) >= 11 is 0. The van der Waals surface area contributed by atoms with Crippen LogP contribution in [0.15, 0.2) is 30.3 Å². The topological polar surface area (TPSA) is 43.6 Å². The van der Waals surface area contributed by atoms with Gasteiger partial charge in [0, 0.05) is 45.0 Å². The van der Waals surface area contributed by atoms with Gasteiger partial charge in [-0.05, 0) is 12.1 Å². The molecule has 0 saturated carbocycles. The molecular formula is C12H17N3O2S. The molecule has 5 nitrogen and oxygen atoms in total. The van der Waals surface area contributed by atoms with Gasteiger partial charge in [-0.1, -0.05) is 18.2 Å². The predicted molar refractivity (Wildman–Crippen MR) is 70.7 cm³/mol. The number of hydrogen-bond acceptors (Lipinski definition) is 3.